The predicted octanol–water partition coefficient (Wildman–Crippen LogP) is 3.31. The van der Waals surface area contributed by atoms with E-state index in [1.54, 1.807) is 6.26 Å². The van der Waals surface area contributed by atoms with Crippen molar-refractivity contribution >= 4 is 15.9 Å². The maximum atomic E-state index is 9.06. The Hall–Kier alpha value is -1.17. The third-order valence-corrected chi connectivity index (χ3v) is 3.51. The second-order valence-corrected chi connectivity index (χ2v) is 5.57. The number of rotatable bonds is 7. The first kappa shape index (κ1) is 15.2. The van der Waals surface area contributed by atoms with Crippen LogP contribution in [0.4, 0.5) is 0 Å². The number of aromatic nitrogens is 1. The van der Waals surface area contributed by atoms with Crippen molar-refractivity contribution in [2.45, 2.75) is 19.9 Å². The van der Waals surface area contributed by atoms with E-state index in [4.69, 9.17) is 9.52 Å². The quantitative estimate of drug-likeness (QED) is 0.841. The summed E-state index contributed by atoms with van der Waals surface area (Å²) in [7, 11) is 0. The average Bonchev–Trinajstić information content (AvgIpc) is 2.89. The van der Waals surface area contributed by atoms with Gasteiger partial charge in [-0.25, -0.2) is 4.98 Å². The molecule has 0 spiro atoms. The minimum absolute atomic E-state index is 0.164. The fourth-order valence-electron chi connectivity index (χ4n) is 2.06. The van der Waals surface area contributed by atoms with Crippen molar-refractivity contribution in [2.24, 2.45) is 0 Å². The van der Waals surface area contributed by atoms with Crippen LogP contribution in [-0.2, 0) is 6.54 Å². The van der Waals surface area contributed by atoms with Gasteiger partial charge in [0, 0.05) is 23.1 Å². The highest BCUT2D eigenvalue weighted by atomic mass is 79.9. The van der Waals surface area contributed by atoms with Crippen LogP contribution < -0.4 is 0 Å². The van der Waals surface area contributed by atoms with Gasteiger partial charge in [-0.3, -0.25) is 4.90 Å². The average molecular weight is 339 g/mol. The number of aliphatic hydroxyl groups is 1. The van der Waals surface area contributed by atoms with Gasteiger partial charge in [-0.05, 0) is 37.2 Å². The molecular weight excluding hydrogens is 320 g/mol. The normalized spacial score (nSPS) is 11.2. The molecule has 0 atom stereocenters. The lowest BCUT2D eigenvalue weighted by Gasteiger charge is -2.18. The minimum Gasteiger partial charge on any atom is -0.444 e. The van der Waals surface area contributed by atoms with Crippen molar-refractivity contribution in [3.05, 3.63) is 40.7 Å². The van der Waals surface area contributed by atoms with Crippen molar-refractivity contribution in [3.63, 3.8) is 0 Å². The molecule has 2 aromatic rings. The van der Waals surface area contributed by atoms with Gasteiger partial charge in [-0.15, -0.1) is 0 Å². The molecule has 108 valence electrons. The topological polar surface area (TPSA) is 49.5 Å². The number of halogens is 1. The van der Waals surface area contributed by atoms with E-state index in [0.29, 0.717) is 19.0 Å². The standard InChI is InChI=1S/C15H19BrN2O2/c1-2-7-18(8-9-19)10-14-11-20-15(17-14)12-3-5-13(16)6-4-12/h3-6,11,19H,2,7-10H2,1H3. The van der Waals surface area contributed by atoms with Gasteiger partial charge >= 0.3 is 0 Å². The van der Waals surface area contributed by atoms with E-state index in [1.807, 2.05) is 24.3 Å². The Morgan fingerprint density at radius 2 is 2.00 bits per heavy atom. The highest BCUT2D eigenvalue weighted by molar-refractivity contribution is 9.10. The van der Waals surface area contributed by atoms with Crippen LogP contribution >= 0.6 is 15.9 Å². The summed E-state index contributed by atoms with van der Waals surface area (Å²) in [5.74, 6) is 0.632. The van der Waals surface area contributed by atoms with Crippen molar-refractivity contribution in [1.82, 2.24) is 9.88 Å². The third kappa shape index (κ3) is 4.16. The Bertz CT molecular complexity index is 519. The lowest BCUT2D eigenvalue weighted by atomic mass is 10.2. The third-order valence-electron chi connectivity index (χ3n) is 2.98. The zero-order valence-corrected chi connectivity index (χ0v) is 13.1. The summed E-state index contributed by atoms with van der Waals surface area (Å²) < 4.78 is 6.56. The molecule has 20 heavy (non-hydrogen) atoms. The van der Waals surface area contributed by atoms with E-state index in [0.717, 1.165) is 28.7 Å². The van der Waals surface area contributed by atoms with Gasteiger partial charge < -0.3 is 9.52 Å². The fraction of sp³-hybridized carbons (Fsp3) is 0.400. The van der Waals surface area contributed by atoms with E-state index in [-0.39, 0.29) is 6.61 Å². The van der Waals surface area contributed by atoms with Crippen molar-refractivity contribution < 1.29 is 9.52 Å². The molecule has 5 heteroatoms. The maximum Gasteiger partial charge on any atom is 0.226 e. The zero-order valence-electron chi connectivity index (χ0n) is 11.6. The molecule has 0 saturated heterocycles. The molecule has 0 aliphatic rings. The number of hydrogen-bond acceptors (Lipinski definition) is 4. The number of benzene rings is 1. The molecule has 0 saturated carbocycles. The molecule has 2 rings (SSSR count). The monoisotopic (exact) mass is 338 g/mol. The number of aliphatic hydroxyl groups excluding tert-OH is 1. The van der Waals surface area contributed by atoms with Crippen LogP contribution in [0, 0.1) is 0 Å². The molecule has 1 aromatic carbocycles. The van der Waals surface area contributed by atoms with E-state index < -0.39 is 0 Å². The SMILES string of the molecule is CCCN(CCO)Cc1coc(-c2ccc(Br)cc2)n1. The molecular formula is C15H19BrN2O2. The molecule has 0 radical (unpaired) electrons. The first-order valence-electron chi connectivity index (χ1n) is 6.76. The van der Waals surface area contributed by atoms with Crippen molar-refractivity contribution in [2.75, 3.05) is 19.7 Å². The Labute approximate surface area is 127 Å². The van der Waals surface area contributed by atoms with E-state index in [2.05, 4.69) is 32.7 Å². The molecule has 0 aliphatic carbocycles. The van der Waals surface area contributed by atoms with E-state index in [9.17, 15) is 0 Å². The summed E-state index contributed by atoms with van der Waals surface area (Å²) in [5, 5.41) is 9.06. The molecule has 1 N–H and O–H groups in total. The van der Waals surface area contributed by atoms with Gasteiger partial charge in [0.15, 0.2) is 0 Å². The summed E-state index contributed by atoms with van der Waals surface area (Å²) in [6, 6.07) is 7.87. The van der Waals surface area contributed by atoms with Gasteiger partial charge in [-0.2, -0.15) is 0 Å². The van der Waals surface area contributed by atoms with Crippen LogP contribution in [-0.4, -0.2) is 34.7 Å². The lowest BCUT2D eigenvalue weighted by Crippen LogP contribution is -2.27. The lowest BCUT2D eigenvalue weighted by molar-refractivity contribution is 0.189. The number of oxazole rings is 1. The Kier molecular flexibility index (Phi) is 5.76. The molecule has 0 fully saturated rings. The molecule has 0 bridgehead atoms. The first-order chi connectivity index (χ1) is 9.72. The Morgan fingerprint density at radius 1 is 1.25 bits per heavy atom. The maximum absolute atomic E-state index is 9.06. The predicted molar refractivity (Wildman–Crippen MR) is 82.3 cm³/mol. The molecule has 0 amide bonds. The largest absolute Gasteiger partial charge is 0.444 e. The fourth-order valence-corrected chi connectivity index (χ4v) is 2.33. The van der Waals surface area contributed by atoms with Crippen LogP contribution in [0.1, 0.15) is 19.0 Å². The molecule has 0 aliphatic heterocycles. The highest BCUT2D eigenvalue weighted by Gasteiger charge is 2.10. The highest BCUT2D eigenvalue weighted by Crippen LogP contribution is 2.21. The number of hydrogen-bond donors (Lipinski definition) is 1. The second kappa shape index (κ2) is 7.57. The Balaban J connectivity index is 2.06. The van der Waals surface area contributed by atoms with Gasteiger partial charge in [0.25, 0.3) is 0 Å². The van der Waals surface area contributed by atoms with Crippen LogP contribution in [0.5, 0.6) is 0 Å². The molecule has 1 aromatic heterocycles. The van der Waals surface area contributed by atoms with E-state index >= 15 is 0 Å². The first-order valence-corrected chi connectivity index (χ1v) is 7.55. The van der Waals surface area contributed by atoms with Crippen LogP contribution in [0.2, 0.25) is 0 Å². The molecule has 1 heterocycles. The Morgan fingerprint density at radius 3 is 2.65 bits per heavy atom. The summed E-state index contributed by atoms with van der Waals surface area (Å²) in [6.45, 7) is 4.60. The number of nitrogens with zero attached hydrogens (tertiary/aromatic N) is 2. The summed E-state index contributed by atoms with van der Waals surface area (Å²) in [4.78, 5) is 6.68. The van der Waals surface area contributed by atoms with Crippen molar-refractivity contribution in [1.29, 1.82) is 0 Å². The minimum atomic E-state index is 0.164. The van der Waals surface area contributed by atoms with E-state index in [1.165, 1.54) is 0 Å². The second-order valence-electron chi connectivity index (χ2n) is 4.65. The summed E-state index contributed by atoms with van der Waals surface area (Å²) in [6.07, 6.45) is 2.74. The van der Waals surface area contributed by atoms with Crippen LogP contribution in [0.15, 0.2) is 39.4 Å². The van der Waals surface area contributed by atoms with Crippen LogP contribution in [0.25, 0.3) is 11.5 Å². The summed E-state index contributed by atoms with van der Waals surface area (Å²) >= 11 is 3.41. The zero-order chi connectivity index (χ0) is 14.4. The van der Waals surface area contributed by atoms with Gasteiger partial charge in [0.05, 0.1) is 12.3 Å². The smallest absolute Gasteiger partial charge is 0.226 e. The van der Waals surface area contributed by atoms with Crippen LogP contribution in [0.3, 0.4) is 0 Å². The molecule has 4 nitrogen and oxygen atoms in total. The molecule has 0 unspecified atom stereocenters. The summed E-state index contributed by atoms with van der Waals surface area (Å²) in [5.41, 5.74) is 1.86. The van der Waals surface area contributed by atoms with Gasteiger partial charge in [0.1, 0.15) is 6.26 Å². The van der Waals surface area contributed by atoms with Gasteiger partial charge in [0.2, 0.25) is 5.89 Å². The van der Waals surface area contributed by atoms with Crippen molar-refractivity contribution in [3.8, 4) is 11.5 Å². The van der Waals surface area contributed by atoms with Gasteiger partial charge in [-0.1, -0.05) is 22.9 Å².